The molecule has 168 valence electrons. The predicted molar refractivity (Wildman–Crippen MR) is 129 cm³/mol. The van der Waals surface area contributed by atoms with Crippen LogP contribution in [0.3, 0.4) is 0 Å². The van der Waals surface area contributed by atoms with Crippen LogP contribution in [0.15, 0.2) is 65.4 Å². The van der Waals surface area contributed by atoms with Gasteiger partial charge in [-0.3, -0.25) is 9.69 Å². The van der Waals surface area contributed by atoms with E-state index in [9.17, 15) is 4.79 Å². The van der Waals surface area contributed by atoms with Gasteiger partial charge in [-0.2, -0.15) is 11.3 Å². The quantitative estimate of drug-likeness (QED) is 0.535. The third-order valence-corrected chi connectivity index (χ3v) is 6.29. The molecule has 4 rings (SSSR count). The highest BCUT2D eigenvalue weighted by atomic mass is 32.1. The van der Waals surface area contributed by atoms with Crippen molar-refractivity contribution in [2.24, 2.45) is 0 Å². The van der Waals surface area contributed by atoms with E-state index in [1.165, 1.54) is 11.3 Å². The maximum Gasteiger partial charge on any atom is 0.252 e. The Bertz CT molecular complexity index is 1000. The van der Waals surface area contributed by atoms with Gasteiger partial charge in [-0.05, 0) is 41.3 Å². The molecule has 1 amide bonds. The largest absolute Gasteiger partial charge is 0.497 e. The second-order valence-corrected chi connectivity index (χ2v) is 8.48. The summed E-state index contributed by atoms with van der Waals surface area (Å²) in [5.74, 6) is 1.74. The van der Waals surface area contributed by atoms with Crippen LogP contribution in [-0.4, -0.2) is 57.2 Å². The summed E-state index contributed by atoms with van der Waals surface area (Å²) in [6, 6.07) is 18.0. The standard InChI is InChI=1S/C25H29N3O3S/c1-30-22-6-4-5-20(17-22)18-31-24-8-3-2-7-23(24)28-14-12-27(13-15-28)11-10-26-25(29)21-9-16-32-19-21/h2-9,16-17,19H,10-15,18H2,1H3,(H,26,29). The van der Waals surface area contributed by atoms with Gasteiger partial charge in [0, 0.05) is 50.2 Å². The van der Waals surface area contributed by atoms with E-state index in [-0.39, 0.29) is 5.91 Å². The molecule has 3 aromatic rings. The molecule has 0 radical (unpaired) electrons. The Kier molecular flexibility index (Phi) is 7.64. The Hall–Kier alpha value is -3.03. The number of hydrogen-bond acceptors (Lipinski definition) is 6. The highest BCUT2D eigenvalue weighted by Crippen LogP contribution is 2.29. The van der Waals surface area contributed by atoms with Crippen molar-refractivity contribution >= 4 is 22.9 Å². The van der Waals surface area contributed by atoms with Gasteiger partial charge in [-0.15, -0.1) is 0 Å². The summed E-state index contributed by atoms with van der Waals surface area (Å²) in [5, 5.41) is 6.81. The molecular formula is C25H29N3O3S. The summed E-state index contributed by atoms with van der Waals surface area (Å²) in [6.45, 7) is 5.79. The van der Waals surface area contributed by atoms with Gasteiger partial charge in [0.25, 0.3) is 5.91 Å². The molecule has 32 heavy (non-hydrogen) atoms. The Morgan fingerprint density at radius 3 is 2.69 bits per heavy atom. The van der Waals surface area contributed by atoms with Gasteiger partial charge in [0.2, 0.25) is 0 Å². The average molecular weight is 452 g/mol. The van der Waals surface area contributed by atoms with Crippen molar-refractivity contribution in [1.82, 2.24) is 10.2 Å². The molecule has 1 N–H and O–H groups in total. The first-order chi connectivity index (χ1) is 15.7. The molecule has 0 unspecified atom stereocenters. The Labute approximate surface area is 193 Å². The van der Waals surface area contributed by atoms with Crippen LogP contribution in [0.4, 0.5) is 5.69 Å². The Morgan fingerprint density at radius 2 is 1.91 bits per heavy atom. The van der Waals surface area contributed by atoms with E-state index >= 15 is 0 Å². The number of nitrogens with zero attached hydrogens (tertiary/aromatic N) is 2. The number of hydrogen-bond donors (Lipinski definition) is 1. The van der Waals surface area contributed by atoms with Crippen LogP contribution >= 0.6 is 11.3 Å². The Morgan fingerprint density at radius 1 is 1.06 bits per heavy atom. The van der Waals surface area contributed by atoms with Gasteiger partial charge in [0.1, 0.15) is 18.1 Å². The maximum atomic E-state index is 12.1. The van der Waals surface area contributed by atoms with Crippen LogP contribution < -0.4 is 19.7 Å². The highest BCUT2D eigenvalue weighted by Gasteiger charge is 2.19. The third kappa shape index (κ3) is 5.81. The van der Waals surface area contributed by atoms with Gasteiger partial charge in [0.15, 0.2) is 0 Å². The molecule has 1 saturated heterocycles. The number of methoxy groups -OCH3 is 1. The highest BCUT2D eigenvalue weighted by molar-refractivity contribution is 7.08. The van der Waals surface area contributed by atoms with Gasteiger partial charge in [-0.25, -0.2) is 0 Å². The van der Waals surface area contributed by atoms with E-state index < -0.39 is 0 Å². The SMILES string of the molecule is COc1cccc(COc2ccccc2N2CCN(CCNC(=O)c3ccsc3)CC2)c1. The van der Waals surface area contributed by atoms with Crippen molar-refractivity contribution in [2.45, 2.75) is 6.61 Å². The fourth-order valence-corrected chi connectivity index (χ4v) is 4.44. The molecule has 2 aromatic carbocycles. The molecule has 7 heteroatoms. The van der Waals surface area contributed by atoms with E-state index in [0.29, 0.717) is 13.2 Å². The number of ether oxygens (including phenoxy) is 2. The summed E-state index contributed by atoms with van der Waals surface area (Å²) in [5.41, 5.74) is 2.94. The summed E-state index contributed by atoms with van der Waals surface area (Å²) in [6.07, 6.45) is 0. The molecule has 1 fully saturated rings. The van der Waals surface area contributed by atoms with Crippen LogP contribution in [0.25, 0.3) is 0 Å². The van der Waals surface area contributed by atoms with E-state index in [1.54, 1.807) is 7.11 Å². The molecule has 0 aliphatic carbocycles. The number of benzene rings is 2. The number of para-hydroxylation sites is 2. The van der Waals surface area contributed by atoms with Crippen LogP contribution in [0.5, 0.6) is 11.5 Å². The minimum atomic E-state index is 0.00648. The first kappa shape index (κ1) is 22.2. The number of carbonyl (C=O) groups excluding carboxylic acids is 1. The number of rotatable bonds is 9. The fourth-order valence-electron chi connectivity index (χ4n) is 3.80. The summed E-state index contributed by atoms with van der Waals surface area (Å²) in [4.78, 5) is 16.8. The first-order valence-electron chi connectivity index (χ1n) is 10.9. The molecule has 0 bridgehead atoms. The molecule has 1 aliphatic rings. The van der Waals surface area contributed by atoms with Crippen molar-refractivity contribution in [1.29, 1.82) is 0 Å². The van der Waals surface area contributed by atoms with Crippen LogP contribution in [0.1, 0.15) is 15.9 Å². The maximum absolute atomic E-state index is 12.1. The molecule has 1 aromatic heterocycles. The topological polar surface area (TPSA) is 54.0 Å². The van der Waals surface area contributed by atoms with E-state index in [2.05, 4.69) is 27.2 Å². The van der Waals surface area contributed by atoms with Gasteiger partial charge in [0.05, 0.1) is 12.8 Å². The van der Waals surface area contributed by atoms with E-state index in [0.717, 1.165) is 61.0 Å². The summed E-state index contributed by atoms with van der Waals surface area (Å²) in [7, 11) is 1.67. The predicted octanol–water partition coefficient (Wildman–Crippen LogP) is 3.89. The minimum absolute atomic E-state index is 0.00648. The minimum Gasteiger partial charge on any atom is -0.497 e. The van der Waals surface area contributed by atoms with E-state index in [1.807, 2.05) is 53.2 Å². The van der Waals surface area contributed by atoms with Crippen molar-refractivity contribution in [3.8, 4) is 11.5 Å². The van der Waals surface area contributed by atoms with Gasteiger partial charge >= 0.3 is 0 Å². The molecule has 0 spiro atoms. The lowest BCUT2D eigenvalue weighted by Crippen LogP contribution is -2.48. The van der Waals surface area contributed by atoms with E-state index in [4.69, 9.17) is 9.47 Å². The normalized spacial score (nSPS) is 14.2. The molecule has 0 atom stereocenters. The number of nitrogens with one attached hydrogen (secondary N) is 1. The average Bonchev–Trinajstić information content (AvgIpc) is 3.39. The summed E-state index contributed by atoms with van der Waals surface area (Å²) >= 11 is 1.54. The zero-order valence-corrected chi connectivity index (χ0v) is 19.1. The second kappa shape index (κ2) is 11.0. The monoisotopic (exact) mass is 451 g/mol. The number of amides is 1. The van der Waals surface area contributed by atoms with Gasteiger partial charge in [-0.1, -0.05) is 24.3 Å². The lowest BCUT2D eigenvalue weighted by atomic mass is 10.2. The second-order valence-electron chi connectivity index (χ2n) is 7.70. The zero-order valence-electron chi connectivity index (χ0n) is 18.3. The molecule has 0 saturated carbocycles. The van der Waals surface area contributed by atoms with Crippen molar-refractivity contribution in [2.75, 3.05) is 51.3 Å². The third-order valence-electron chi connectivity index (χ3n) is 5.60. The lowest BCUT2D eigenvalue weighted by Gasteiger charge is -2.36. The first-order valence-corrected chi connectivity index (χ1v) is 11.8. The van der Waals surface area contributed by atoms with Crippen LogP contribution in [0.2, 0.25) is 0 Å². The van der Waals surface area contributed by atoms with Crippen molar-refractivity contribution in [3.63, 3.8) is 0 Å². The number of piperazine rings is 1. The number of carbonyl (C=O) groups is 1. The molecule has 1 aliphatic heterocycles. The van der Waals surface area contributed by atoms with Crippen LogP contribution in [-0.2, 0) is 6.61 Å². The lowest BCUT2D eigenvalue weighted by molar-refractivity contribution is 0.0948. The number of anilines is 1. The molecule has 2 heterocycles. The Balaban J connectivity index is 1.26. The van der Waals surface area contributed by atoms with Crippen molar-refractivity contribution < 1.29 is 14.3 Å². The summed E-state index contributed by atoms with van der Waals surface area (Å²) < 4.78 is 11.5. The smallest absolute Gasteiger partial charge is 0.252 e. The fraction of sp³-hybridized carbons (Fsp3) is 0.320. The van der Waals surface area contributed by atoms with Gasteiger partial charge < -0.3 is 19.7 Å². The zero-order chi connectivity index (χ0) is 22.2. The van der Waals surface area contributed by atoms with Crippen molar-refractivity contribution in [3.05, 3.63) is 76.5 Å². The molecule has 6 nitrogen and oxygen atoms in total. The van der Waals surface area contributed by atoms with Crippen LogP contribution in [0, 0.1) is 0 Å². The number of thiophene rings is 1. The molecular weight excluding hydrogens is 422 g/mol.